The van der Waals surface area contributed by atoms with Gasteiger partial charge >= 0.3 is 0 Å². The van der Waals surface area contributed by atoms with Crippen LogP contribution in [-0.4, -0.2) is 0 Å². The Balaban J connectivity index is 4.95. The van der Waals surface area contributed by atoms with Crippen molar-refractivity contribution < 1.29 is 0 Å². The van der Waals surface area contributed by atoms with E-state index in [9.17, 15) is 0 Å². The zero-order chi connectivity index (χ0) is 10.6. The predicted molar refractivity (Wildman–Crippen MR) is 61.8 cm³/mol. The van der Waals surface area contributed by atoms with Gasteiger partial charge in [0.05, 0.1) is 0 Å². The third-order valence-corrected chi connectivity index (χ3v) is 2.82. The van der Waals surface area contributed by atoms with Gasteiger partial charge in [0, 0.05) is 0 Å². The molecule has 76 valence electrons. The van der Waals surface area contributed by atoms with Crippen molar-refractivity contribution in [2.75, 3.05) is 0 Å². The van der Waals surface area contributed by atoms with Gasteiger partial charge in [-0.2, -0.15) is 0 Å². The minimum absolute atomic E-state index is 0.638. The van der Waals surface area contributed by atoms with Gasteiger partial charge in [0.2, 0.25) is 0 Å². The van der Waals surface area contributed by atoms with Crippen LogP contribution in [0.25, 0.3) is 0 Å². The molecule has 0 N–H and O–H groups in total. The molecule has 0 bridgehead atoms. The fourth-order valence-corrected chi connectivity index (χ4v) is 1.64. The van der Waals surface area contributed by atoms with Crippen LogP contribution in [0.3, 0.4) is 0 Å². The molecule has 0 rings (SSSR count). The zero-order valence-corrected chi connectivity index (χ0v) is 10.2. The first kappa shape index (κ1) is 12.5. The van der Waals surface area contributed by atoms with Crippen LogP contribution in [0.4, 0.5) is 0 Å². The van der Waals surface area contributed by atoms with Crippen molar-refractivity contribution in [1.82, 2.24) is 0 Å². The first-order valence-corrected chi connectivity index (χ1v) is 5.25. The predicted octanol–water partition coefficient (Wildman–Crippen LogP) is 4.58. The summed E-state index contributed by atoms with van der Waals surface area (Å²) >= 11 is 0. The highest BCUT2D eigenvalue weighted by Gasteiger charge is 2.08. The molecule has 0 fully saturated rings. The van der Waals surface area contributed by atoms with Gasteiger partial charge < -0.3 is 0 Å². The van der Waals surface area contributed by atoms with Crippen molar-refractivity contribution in [1.29, 1.82) is 0 Å². The van der Waals surface area contributed by atoms with E-state index in [0.717, 1.165) is 0 Å². The Bertz CT molecular complexity index is 214. The maximum atomic E-state index is 2.26. The molecular formula is C13H24. The molecule has 0 aromatic rings. The number of hydrogen-bond donors (Lipinski definition) is 0. The number of hydrogen-bond acceptors (Lipinski definition) is 0. The Kier molecular flexibility index (Phi) is 5.05. The van der Waals surface area contributed by atoms with Crippen molar-refractivity contribution in [3.8, 4) is 0 Å². The molecule has 0 atom stereocenters. The number of allylic oxidation sites excluding steroid dienone is 4. The van der Waals surface area contributed by atoms with Crippen LogP contribution in [0, 0.1) is 11.8 Å². The normalized spacial score (nSPS) is 15.3. The fourth-order valence-electron chi connectivity index (χ4n) is 1.64. The van der Waals surface area contributed by atoms with Crippen LogP contribution < -0.4 is 0 Å². The van der Waals surface area contributed by atoms with Gasteiger partial charge in [-0.25, -0.2) is 0 Å². The highest BCUT2D eigenvalue weighted by molar-refractivity contribution is 5.34. The molecule has 0 radical (unpaired) electrons. The number of rotatable bonds is 3. The standard InChI is InChI=1S/C13H24/c1-8-13(10(4)5)12(7)11(6)9(2)3/h8-10H,1-7H3/b12-11+,13-8-. The quantitative estimate of drug-likeness (QED) is 0.558. The molecule has 0 saturated carbocycles. The summed E-state index contributed by atoms with van der Waals surface area (Å²) in [6, 6.07) is 0. The summed E-state index contributed by atoms with van der Waals surface area (Å²) in [5, 5.41) is 0. The Morgan fingerprint density at radius 1 is 0.923 bits per heavy atom. The van der Waals surface area contributed by atoms with Gasteiger partial charge in [0.1, 0.15) is 0 Å². The van der Waals surface area contributed by atoms with E-state index in [1.807, 2.05) is 0 Å². The van der Waals surface area contributed by atoms with Crippen LogP contribution >= 0.6 is 0 Å². The van der Waals surface area contributed by atoms with E-state index in [0.29, 0.717) is 11.8 Å². The van der Waals surface area contributed by atoms with Crippen LogP contribution in [0.5, 0.6) is 0 Å². The highest BCUT2D eigenvalue weighted by atomic mass is 14.1. The van der Waals surface area contributed by atoms with E-state index >= 15 is 0 Å². The van der Waals surface area contributed by atoms with E-state index in [4.69, 9.17) is 0 Å². The second kappa shape index (κ2) is 5.26. The molecule has 0 aromatic heterocycles. The van der Waals surface area contributed by atoms with Crippen molar-refractivity contribution in [3.05, 3.63) is 22.8 Å². The van der Waals surface area contributed by atoms with Crippen LogP contribution in [-0.2, 0) is 0 Å². The molecule has 0 spiro atoms. The highest BCUT2D eigenvalue weighted by Crippen LogP contribution is 2.25. The van der Waals surface area contributed by atoms with Gasteiger partial charge in [-0.05, 0) is 43.8 Å². The average molecular weight is 180 g/mol. The molecule has 0 heteroatoms. The zero-order valence-electron chi connectivity index (χ0n) is 10.2. The van der Waals surface area contributed by atoms with Crippen molar-refractivity contribution in [2.24, 2.45) is 11.8 Å². The summed E-state index contributed by atoms with van der Waals surface area (Å²) < 4.78 is 0. The molecule has 13 heavy (non-hydrogen) atoms. The molecule has 0 amide bonds. The van der Waals surface area contributed by atoms with Gasteiger partial charge in [-0.1, -0.05) is 39.3 Å². The molecule has 0 aliphatic carbocycles. The second-order valence-corrected chi connectivity index (χ2v) is 4.36. The molecule has 0 heterocycles. The maximum absolute atomic E-state index is 2.26. The third kappa shape index (κ3) is 3.38. The summed E-state index contributed by atoms with van der Waals surface area (Å²) in [5.74, 6) is 1.30. The van der Waals surface area contributed by atoms with Crippen molar-refractivity contribution in [2.45, 2.75) is 48.5 Å². The molecule has 0 unspecified atom stereocenters. The van der Waals surface area contributed by atoms with E-state index in [1.165, 1.54) is 16.7 Å². The first-order valence-electron chi connectivity index (χ1n) is 5.25. The third-order valence-electron chi connectivity index (χ3n) is 2.82. The molecular weight excluding hydrogens is 156 g/mol. The largest absolute Gasteiger partial charge is 0.0839 e. The van der Waals surface area contributed by atoms with E-state index in [-0.39, 0.29) is 0 Å². The summed E-state index contributed by atoms with van der Waals surface area (Å²) in [5.41, 5.74) is 4.49. The monoisotopic (exact) mass is 180 g/mol. The molecule has 0 saturated heterocycles. The second-order valence-electron chi connectivity index (χ2n) is 4.36. The van der Waals surface area contributed by atoms with Crippen LogP contribution in [0.2, 0.25) is 0 Å². The van der Waals surface area contributed by atoms with Gasteiger partial charge in [0.25, 0.3) is 0 Å². The van der Waals surface area contributed by atoms with E-state index < -0.39 is 0 Å². The first-order chi connectivity index (χ1) is 5.91. The molecule has 0 aliphatic rings. The minimum atomic E-state index is 0.638. The average Bonchev–Trinajstić information content (AvgIpc) is 2.03. The lowest BCUT2D eigenvalue weighted by atomic mass is 9.89. The van der Waals surface area contributed by atoms with Crippen LogP contribution in [0.15, 0.2) is 22.8 Å². The molecule has 0 nitrogen and oxygen atoms in total. The summed E-state index contributed by atoms with van der Waals surface area (Å²) in [4.78, 5) is 0. The minimum Gasteiger partial charge on any atom is -0.0839 e. The summed E-state index contributed by atoms with van der Waals surface area (Å²) in [6.45, 7) is 15.6. The Morgan fingerprint density at radius 3 is 1.62 bits per heavy atom. The lowest BCUT2D eigenvalue weighted by molar-refractivity contribution is 0.729. The summed E-state index contributed by atoms with van der Waals surface area (Å²) in [6.07, 6.45) is 2.24. The lowest BCUT2D eigenvalue weighted by Gasteiger charge is -2.17. The molecule has 0 aliphatic heterocycles. The maximum Gasteiger partial charge on any atom is -0.0219 e. The van der Waals surface area contributed by atoms with Gasteiger partial charge in [-0.3, -0.25) is 0 Å². The van der Waals surface area contributed by atoms with E-state index in [2.05, 4.69) is 54.5 Å². The Morgan fingerprint density at radius 2 is 1.38 bits per heavy atom. The smallest absolute Gasteiger partial charge is 0.0219 e. The fraction of sp³-hybridized carbons (Fsp3) is 0.692. The van der Waals surface area contributed by atoms with E-state index in [1.54, 1.807) is 0 Å². The van der Waals surface area contributed by atoms with Gasteiger partial charge in [0.15, 0.2) is 0 Å². The Hall–Kier alpha value is -0.520. The SMILES string of the molecule is C/C=C(\C(C)=C(/C)C(C)C)C(C)C. The van der Waals surface area contributed by atoms with Gasteiger partial charge in [-0.15, -0.1) is 0 Å². The molecule has 0 aromatic carbocycles. The van der Waals surface area contributed by atoms with Crippen molar-refractivity contribution in [3.63, 3.8) is 0 Å². The lowest BCUT2D eigenvalue weighted by Crippen LogP contribution is -2.01. The topological polar surface area (TPSA) is 0 Å². The van der Waals surface area contributed by atoms with Crippen LogP contribution in [0.1, 0.15) is 48.5 Å². The summed E-state index contributed by atoms with van der Waals surface area (Å²) in [7, 11) is 0. The van der Waals surface area contributed by atoms with Crippen molar-refractivity contribution >= 4 is 0 Å². The Labute approximate surface area is 83.7 Å².